The molecule has 138 valence electrons. The molecule has 7 heteroatoms. The molecule has 0 bridgehead atoms. The van der Waals surface area contributed by atoms with E-state index in [-0.39, 0.29) is 22.8 Å². The second-order valence-electron chi connectivity index (χ2n) is 5.70. The van der Waals surface area contributed by atoms with Gasteiger partial charge >= 0.3 is 0 Å². The van der Waals surface area contributed by atoms with Gasteiger partial charge in [0.25, 0.3) is 5.69 Å². The second-order valence-corrected chi connectivity index (χ2v) is 5.70. The van der Waals surface area contributed by atoms with E-state index in [1.54, 1.807) is 66.7 Å². The fraction of sp³-hybridized carbons (Fsp3) is 0. The fourth-order valence-electron chi connectivity index (χ4n) is 2.47. The highest BCUT2D eigenvalue weighted by Crippen LogP contribution is 2.29. The minimum atomic E-state index is -0.589. The van der Waals surface area contributed by atoms with Crippen molar-refractivity contribution in [3.63, 3.8) is 0 Å². The van der Waals surface area contributed by atoms with E-state index in [9.17, 15) is 20.0 Å². The Hall–Kier alpha value is -4.13. The van der Waals surface area contributed by atoms with Crippen molar-refractivity contribution in [1.29, 1.82) is 0 Å². The maximum absolute atomic E-state index is 12.9. The van der Waals surface area contributed by atoms with Crippen molar-refractivity contribution in [2.24, 2.45) is 10.2 Å². The first-order valence-electron chi connectivity index (χ1n) is 8.31. The number of aliphatic hydroxyl groups excluding tert-OH is 1. The third kappa shape index (κ3) is 4.16. The third-order valence-corrected chi connectivity index (χ3v) is 3.86. The molecule has 0 aliphatic heterocycles. The molecule has 0 amide bonds. The largest absolute Gasteiger partial charge is 0.505 e. The number of azo groups is 1. The molecule has 3 aromatic rings. The molecule has 28 heavy (non-hydrogen) atoms. The monoisotopic (exact) mass is 373 g/mol. The Morgan fingerprint density at radius 2 is 1.36 bits per heavy atom. The summed E-state index contributed by atoms with van der Waals surface area (Å²) in [6, 6.07) is 22.5. The minimum Gasteiger partial charge on any atom is -0.505 e. The summed E-state index contributed by atoms with van der Waals surface area (Å²) in [6.45, 7) is 0. The number of hydrogen-bond acceptors (Lipinski definition) is 6. The molecule has 0 fully saturated rings. The summed E-state index contributed by atoms with van der Waals surface area (Å²) in [5, 5.41) is 29.5. The Balaban J connectivity index is 2.10. The number of nitro benzene ring substituents is 1. The lowest BCUT2D eigenvalue weighted by atomic mass is 10.1. The minimum absolute atomic E-state index is 0.0216. The van der Waals surface area contributed by atoms with E-state index < -0.39 is 10.7 Å². The predicted octanol–water partition coefficient (Wildman–Crippen LogP) is 5.49. The smallest absolute Gasteiger partial charge is 0.296 e. The van der Waals surface area contributed by atoms with E-state index in [4.69, 9.17) is 0 Å². The van der Waals surface area contributed by atoms with E-state index in [0.29, 0.717) is 11.1 Å². The highest BCUT2D eigenvalue weighted by atomic mass is 16.6. The van der Waals surface area contributed by atoms with Gasteiger partial charge in [-0.1, -0.05) is 72.8 Å². The summed E-state index contributed by atoms with van der Waals surface area (Å²) in [5.74, 6) is -0.916. The molecule has 0 aromatic heterocycles. The van der Waals surface area contributed by atoms with Crippen LogP contribution < -0.4 is 0 Å². The number of aliphatic hydroxyl groups is 1. The van der Waals surface area contributed by atoms with Crippen molar-refractivity contribution in [1.82, 2.24) is 0 Å². The van der Waals surface area contributed by atoms with Crippen LogP contribution in [0.5, 0.6) is 0 Å². The Bertz CT molecular complexity index is 1060. The highest BCUT2D eigenvalue weighted by Gasteiger charge is 2.19. The van der Waals surface area contributed by atoms with Crippen molar-refractivity contribution in [3.8, 4) is 0 Å². The van der Waals surface area contributed by atoms with Crippen LogP contribution in [0, 0.1) is 10.1 Å². The van der Waals surface area contributed by atoms with Crippen LogP contribution in [-0.2, 0) is 0 Å². The van der Waals surface area contributed by atoms with E-state index in [0.717, 1.165) is 0 Å². The average molecular weight is 373 g/mol. The predicted molar refractivity (Wildman–Crippen MR) is 104 cm³/mol. The Morgan fingerprint density at radius 3 is 1.96 bits per heavy atom. The lowest BCUT2D eigenvalue weighted by Crippen LogP contribution is -2.04. The van der Waals surface area contributed by atoms with Gasteiger partial charge in [-0.2, -0.15) is 0 Å². The number of benzene rings is 3. The van der Waals surface area contributed by atoms with Crippen LogP contribution in [0.3, 0.4) is 0 Å². The lowest BCUT2D eigenvalue weighted by molar-refractivity contribution is -0.384. The topological polar surface area (TPSA) is 105 Å². The van der Waals surface area contributed by atoms with Crippen LogP contribution in [0.25, 0.3) is 5.76 Å². The highest BCUT2D eigenvalue weighted by molar-refractivity contribution is 6.12. The Labute approximate surface area is 160 Å². The molecule has 3 aromatic carbocycles. The zero-order valence-corrected chi connectivity index (χ0v) is 14.6. The molecular formula is C21H15N3O4. The summed E-state index contributed by atoms with van der Waals surface area (Å²) >= 11 is 0. The van der Waals surface area contributed by atoms with E-state index in [2.05, 4.69) is 10.2 Å². The number of para-hydroxylation sites is 1. The molecule has 0 atom stereocenters. The van der Waals surface area contributed by atoms with Gasteiger partial charge in [-0.25, -0.2) is 0 Å². The van der Waals surface area contributed by atoms with Crippen LogP contribution in [0.4, 0.5) is 11.4 Å². The SMILES string of the molecule is O=C(/C(N=Nc1ccccc1[N+](=O)[O-])=C(\O)c1ccccc1)c1ccccc1. The van der Waals surface area contributed by atoms with Gasteiger partial charge in [0.15, 0.2) is 17.1 Å². The number of carbonyl (C=O) groups excluding carboxylic acids is 1. The number of allylic oxidation sites excluding steroid dienone is 1. The summed E-state index contributed by atoms with van der Waals surface area (Å²) in [5.41, 5.74) is 0.101. The van der Waals surface area contributed by atoms with Crippen LogP contribution >= 0.6 is 0 Å². The Kier molecular flexibility index (Phi) is 5.66. The van der Waals surface area contributed by atoms with Crippen LogP contribution in [0.15, 0.2) is 101 Å². The van der Waals surface area contributed by atoms with Gasteiger partial charge in [-0.3, -0.25) is 14.9 Å². The molecule has 0 radical (unpaired) electrons. The standard InChI is InChI=1S/C21H15N3O4/c25-20(15-9-3-1-4-10-15)19(21(26)16-11-5-2-6-12-16)23-22-17-13-7-8-14-18(17)24(27)28/h1-14,25H/b20-19+,23-22?. The molecule has 0 aliphatic carbocycles. The number of nitrogens with zero attached hydrogens (tertiary/aromatic N) is 3. The number of nitro groups is 1. The van der Waals surface area contributed by atoms with E-state index in [1.807, 2.05) is 0 Å². The van der Waals surface area contributed by atoms with Gasteiger partial charge in [-0.15, -0.1) is 10.2 Å². The first kappa shape index (κ1) is 18.7. The fourth-order valence-corrected chi connectivity index (χ4v) is 2.47. The molecule has 0 heterocycles. The van der Waals surface area contributed by atoms with Gasteiger partial charge < -0.3 is 5.11 Å². The zero-order valence-electron chi connectivity index (χ0n) is 14.6. The summed E-state index contributed by atoms with van der Waals surface area (Å²) in [7, 11) is 0. The van der Waals surface area contributed by atoms with Crippen LogP contribution in [-0.4, -0.2) is 15.8 Å². The van der Waals surface area contributed by atoms with Gasteiger partial charge in [0, 0.05) is 17.2 Å². The number of carbonyl (C=O) groups is 1. The molecule has 3 rings (SSSR count). The first-order valence-corrected chi connectivity index (χ1v) is 8.31. The second kappa shape index (κ2) is 8.50. The van der Waals surface area contributed by atoms with Crippen molar-refractivity contribution in [3.05, 3.63) is 112 Å². The quantitative estimate of drug-likeness (QED) is 0.154. The van der Waals surface area contributed by atoms with Gasteiger partial charge in [0.2, 0.25) is 5.78 Å². The van der Waals surface area contributed by atoms with Crippen molar-refractivity contribution >= 4 is 22.9 Å². The summed E-state index contributed by atoms with van der Waals surface area (Å²) in [4.78, 5) is 23.5. The average Bonchev–Trinajstić information content (AvgIpc) is 2.75. The molecular weight excluding hydrogens is 358 g/mol. The third-order valence-electron chi connectivity index (χ3n) is 3.86. The normalized spacial score (nSPS) is 11.9. The maximum atomic E-state index is 12.9. The van der Waals surface area contributed by atoms with Crippen molar-refractivity contribution < 1.29 is 14.8 Å². The van der Waals surface area contributed by atoms with Crippen molar-refractivity contribution in [2.45, 2.75) is 0 Å². The van der Waals surface area contributed by atoms with Gasteiger partial charge in [0.05, 0.1) is 4.92 Å². The van der Waals surface area contributed by atoms with Crippen molar-refractivity contribution in [2.75, 3.05) is 0 Å². The molecule has 0 saturated carbocycles. The molecule has 0 spiro atoms. The van der Waals surface area contributed by atoms with Crippen LogP contribution in [0.1, 0.15) is 15.9 Å². The zero-order chi connectivity index (χ0) is 19.9. The molecule has 0 aliphatic rings. The summed E-state index contributed by atoms with van der Waals surface area (Å²) in [6.07, 6.45) is 0. The molecule has 7 nitrogen and oxygen atoms in total. The van der Waals surface area contributed by atoms with E-state index in [1.165, 1.54) is 18.2 Å². The number of rotatable bonds is 6. The molecule has 0 saturated heterocycles. The van der Waals surface area contributed by atoms with Gasteiger partial charge in [0.1, 0.15) is 0 Å². The molecule has 0 unspecified atom stereocenters. The van der Waals surface area contributed by atoms with Crippen LogP contribution in [0.2, 0.25) is 0 Å². The Morgan fingerprint density at radius 1 is 0.821 bits per heavy atom. The number of ketones is 1. The van der Waals surface area contributed by atoms with E-state index >= 15 is 0 Å². The number of Topliss-reactive ketones (excluding diaryl/α,β-unsaturated/α-hetero) is 1. The first-order chi connectivity index (χ1) is 13.6. The lowest BCUT2D eigenvalue weighted by Gasteiger charge is -2.06. The number of hydrogen-bond donors (Lipinski definition) is 1. The van der Waals surface area contributed by atoms with Gasteiger partial charge in [-0.05, 0) is 6.07 Å². The maximum Gasteiger partial charge on any atom is 0.296 e. The summed E-state index contributed by atoms with van der Waals surface area (Å²) < 4.78 is 0. The molecule has 1 N–H and O–H groups in total.